The smallest absolute Gasteiger partial charge is 0.259 e. The number of rotatable bonds is 12. The Balaban J connectivity index is 0.000000771. The number of quaternary nitrogens is 1. The molecule has 0 aromatic heterocycles. The number of carbonyl (C=O) groups excluding carboxylic acids is 1. The van der Waals surface area contributed by atoms with Crippen LogP contribution in [-0.4, -0.2) is 86.0 Å². The van der Waals surface area contributed by atoms with Crippen LogP contribution in [-0.2, 0) is 24.0 Å². The first-order chi connectivity index (χ1) is 15.0. The lowest BCUT2D eigenvalue weighted by Gasteiger charge is -2.36. The van der Waals surface area contributed by atoms with Crippen LogP contribution in [0.3, 0.4) is 0 Å². The van der Waals surface area contributed by atoms with Gasteiger partial charge in [0.2, 0.25) is 0 Å². The summed E-state index contributed by atoms with van der Waals surface area (Å²) in [6.07, 6.45) is 0. The van der Waals surface area contributed by atoms with Crippen molar-refractivity contribution in [3.8, 4) is 0 Å². The van der Waals surface area contributed by atoms with E-state index in [1.54, 1.807) is 19.1 Å². The molecule has 1 rings (SSSR count). The topological polar surface area (TPSA) is 96.0 Å². The van der Waals surface area contributed by atoms with Crippen molar-refractivity contribution in [1.82, 2.24) is 4.67 Å². The molecule has 11 heteroatoms. The van der Waals surface area contributed by atoms with E-state index >= 15 is 0 Å². The average Bonchev–Trinajstić information content (AvgIpc) is 2.63. The second-order valence-corrected chi connectivity index (χ2v) is 13.2. The van der Waals surface area contributed by atoms with E-state index in [0.717, 1.165) is 16.6 Å². The summed E-state index contributed by atoms with van der Waals surface area (Å²) < 4.78 is 46.4. The van der Waals surface area contributed by atoms with Gasteiger partial charge in [0.1, 0.15) is 23.3 Å². The van der Waals surface area contributed by atoms with Crippen molar-refractivity contribution in [2.45, 2.75) is 58.5 Å². The van der Waals surface area contributed by atoms with E-state index in [1.165, 1.54) is 23.9 Å². The first kappa shape index (κ1) is 32.4. The van der Waals surface area contributed by atoms with Crippen LogP contribution in [0.25, 0.3) is 0 Å². The van der Waals surface area contributed by atoms with Gasteiger partial charge in [0.25, 0.3) is 8.53 Å². The van der Waals surface area contributed by atoms with Crippen LogP contribution in [0, 0.1) is 6.92 Å². The highest BCUT2D eigenvalue weighted by atomic mass is 32.2. The van der Waals surface area contributed by atoms with E-state index in [1.807, 2.05) is 6.92 Å². The highest BCUT2D eigenvalue weighted by molar-refractivity contribution is 8.13. The van der Waals surface area contributed by atoms with Crippen molar-refractivity contribution in [1.29, 1.82) is 0 Å². The van der Waals surface area contributed by atoms with Gasteiger partial charge in [0.05, 0.1) is 32.6 Å². The Morgan fingerprint density at radius 3 is 1.94 bits per heavy atom. The lowest BCUT2D eigenvalue weighted by molar-refractivity contribution is -0.870. The molecule has 1 aromatic carbocycles. The maximum absolute atomic E-state index is 11.0. The number of benzene rings is 1. The predicted molar refractivity (Wildman–Crippen MR) is 136 cm³/mol. The molecule has 8 nitrogen and oxygen atoms in total. The van der Waals surface area contributed by atoms with Crippen LogP contribution >= 0.6 is 20.3 Å². The van der Waals surface area contributed by atoms with Gasteiger partial charge in [-0.05, 0) is 46.8 Å². The molecule has 1 atom stereocenters. The molecule has 0 bridgehead atoms. The third-order valence-electron chi connectivity index (χ3n) is 4.11. The Labute approximate surface area is 206 Å². The van der Waals surface area contributed by atoms with Crippen LogP contribution in [0.1, 0.15) is 40.2 Å². The highest BCUT2D eigenvalue weighted by Crippen LogP contribution is 2.45. The van der Waals surface area contributed by atoms with Crippen LogP contribution in [0.4, 0.5) is 0 Å². The monoisotopic (exact) mass is 524 g/mol. The summed E-state index contributed by atoms with van der Waals surface area (Å²) in [7, 11) is 1.10. The Morgan fingerprint density at radius 1 is 1.06 bits per heavy atom. The standard InChI is InChI=1S/C15H34N2O3PS.C7H8O3S/c1-13(2)16(14(3)4)21(19-10-9-17(6,7)8)20-11-12-22-15(5)18;1-6-2-4-7(5-3-6)11(8,9)10/h13-14H,9-12H2,1-8H3;2-5H,1H3,(H,8,9,10)/q+1;/p-1. The summed E-state index contributed by atoms with van der Waals surface area (Å²) >= 11 is 1.30. The molecular formula is C22H41N2O6PS2. The summed E-state index contributed by atoms with van der Waals surface area (Å²) in [5.74, 6) is 0.677. The van der Waals surface area contributed by atoms with Crippen molar-refractivity contribution in [2.24, 2.45) is 0 Å². The van der Waals surface area contributed by atoms with E-state index in [0.29, 0.717) is 31.1 Å². The molecule has 0 saturated carbocycles. The summed E-state index contributed by atoms with van der Waals surface area (Å²) in [4.78, 5) is 10.8. The molecular weight excluding hydrogens is 483 g/mol. The molecule has 0 aliphatic carbocycles. The second-order valence-electron chi connectivity index (χ2n) is 9.09. The minimum Gasteiger partial charge on any atom is -0.744 e. The normalized spacial score (nSPS) is 13.2. The van der Waals surface area contributed by atoms with Gasteiger partial charge in [-0.1, -0.05) is 29.5 Å². The van der Waals surface area contributed by atoms with Crippen LogP contribution in [0.2, 0.25) is 0 Å². The molecule has 0 aliphatic rings. The molecule has 0 radical (unpaired) electrons. The number of nitrogens with zero attached hydrogens (tertiary/aromatic N) is 2. The zero-order chi connectivity index (χ0) is 25.8. The van der Waals surface area contributed by atoms with Crippen molar-refractivity contribution in [3.63, 3.8) is 0 Å². The van der Waals surface area contributed by atoms with Gasteiger partial charge in [0.15, 0.2) is 5.12 Å². The van der Waals surface area contributed by atoms with Gasteiger partial charge < -0.3 is 18.1 Å². The fourth-order valence-electron chi connectivity index (χ4n) is 2.54. The Morgan fingerprint density at radius 2 is 1.55 bits per heavy atom. The maximum atomic E-state index is 11.0. The van der Waals surface area contributed by atoms with Gasteiger partial charge in [-0.15, -0.1) is 0 Å². The van der Waals surface area contributed by atoms with Gasteiger partial charge >= 0.3 is 0 Å². The summed E-state index contributed by atoms with van der Waals surface area (Å²) in [6, 6.07) is 6.50. The number of carbonyl (C=O) groups is 1. The van der Waals surface area contributed by atoms with Crippen LogP contribution in [0.5, 0.6) is 0 Å². The van der Waals surface area contributed by atoms with E-state index in [4.69, 9.17) is 9.05 Å². The number of likely N-dealkylation sites (N-methyl/N-ethyl adjacent to an activating group) is 1. The maximum Gasteiger partial charge on any atom is 0.259 e. The molecule has 192 valence electrons. The highest BCUT2D eigenvalue weighted by Gasteiger charge is 2.27. The van der Waals surface area contributed by atoms with E-state index in [9.17, 15) is 17.8 Å². The molecule has 0 fully saturated rings. The van der Waals surface area contributed by atoms with E-state index in [2.05, 4.69) is 53.5 Å². The predicted octanol–water partition coefficient (Wildman–Crippen LogP) is 4.25. The van der Waals surface area contributed by atoms with Crippen molar-refractivity contribution < 1.29 is 31.3 Å². The van der Waals surface area contributed by atoms with Gasteiger partial charge in [0, 0.05) is 24.8 Å². The molecule has 0 spiro atoms. The number of aryl methyl sites for hydroxylation is 1. The first-order valence-electron chi connectivity index (χ1n) is 10.8. The summed E-state index contributed by atoms with van der Waals surface area (Å²) in [5, 5.41) is 0.128. The molecule has 0 N–H and O–H groups in total. The zero-order valence-corrected chi connectivity index (χ0v) is 23.9. The largest absolute Gasteiger partial charge is 0.744 e. The minimum atomic E-state index is -4.27. The average molecular weight is 525 g/mol. The number of hydrogen-bond donors (Lipinski definition) is 0. The number of thioether (sulfide) groups is 1. The van der Waals surface area contributed by atoms with Gasteiger partial charge in [-0.3, -0.25) is 4.79 Å². The second kappa shape index (κ2) is 15.4. The van der Waals surface area contributed by atoms with Crippen molar-refractivity contribution in [2.75, 3.05) is 46.7 Å². The molecule has 0 saturated heterocycles. The fraction of sp³-hybridized carbons (Fsp3) is 0.682. The minimum absolute atomic E-state index is 0.128. The van der Waals surface area contributed by atoms with Crippen LogP contribution < -0.4 is 0 Å². The van der Waals surface area contributed by atoms with E-state index < -0.39 is 18.6 Å². The van der Waals surface area contributed by atoms with Crippen LogP contribution in [0.15, 0.2) is 29.2 Å². The lowest BCUT2D eigenvalue weighted by atomic mass is 10.2. The molecule has 1 aromatic rings. The fourth-order valence-corrected chi connectivity index (χ4v) is 5.17. The van der Waals surface area contributed by atoms with Crippen molar-refractivity contribution in [3.05, 3.63) is 29.8 Å². The molecule has 33 heavy (non-hydrogen) atoms. The molecule has 0 aliphatic heterocycles. The summed E-state index contributed by atoms with van der Waals surface area (Å²) in [5.41, 5.74) is 0.928. The molecule has 1 unspecified atom stereocenters. The van der Waals surface area contributed by atoms with Gasteiger partial charge in [-0.25, -0.2) is 13.1 Å². The Hall–Kier alpha value is -0.580. The van der Waals surface area contributed by atoms with E-state index in [-0.39, 0.29) is 10.0 Å². The molecule has 0 amide bonds. The lowest BCUT2D eigenvalue weighted by Crippen LogP contribution is -2.38. The quantitative estimate of drug-likeness (QED) is 0.173. The molecule has 0 heterocycles. The Kier molecular flexibility index (Phi) is 15.2. The van der Waals surface area contributed by atoms with Gasteiger partial charge in [-0.2, -0.15) is 0 Å². The third kappa shape index (κ3) is 15.9. The van der Waals surface area contributed by atoms with Crippen molar-refractivity contribution >= 4 is 35.5 Å². The third-order valence-corrected chi connectivity index (χ3v) is 7.85. The zero-order valence-electron chi connectivity index (χ0n) is 21.4. The SMILES string of the molecule is CC(=O)SCCOP(OCC[N+](C)(C)C)N(C(C)C)C(C)C.Cc1ccc(S(=O)(=O)[O-])cc1. The number of hydrogen-bond acceptors (Lipinski definition) is 8. The first-order valence-corrected chi connectivity index (χ1v) is 14.4. The summed E-state index contributed by atoms with van der Waals surface area (Å²) in [6.45, 7) is 14.2. The Bertz CT molecular complexity index is 788.